The third-order valence-electron chi connectivity index (χ3n) is 15.8. The molecular weight excluding hydrogens is 1120 g/mol. The molecule has 2 aliphatic carbocycles. The standard InChI is InChI=1S/C73H56N8O8/c1-71(2)41-73(57-35-69(88-65-27-11-23-61(53(65)39-76)84-49-19-7-15-45(80)31-49)67(33-55(57)71)86-63-25-9-21-59(51(63)37-74)82-47-17-5-13-43(78)29-47)42-72(3,4)56-34-68(87-64-26-10-22-60(52(64)38-75)83-48-18-6-14-44(79)30-48)70(36-58(56)73)89-66-28-12-24-62(54(66)40-77)85-50-20-8-16-46(81)32-50/h5-36H,41-42,78-81H2,1-4H3. The minimum atomic E-state index is -0.788. The fraction of sp³-hybridized carbons (Fsp3) is 0.123. The van der Waals surface area contributed by atoms with Gasteiger partial charge in [-0.15, -0.1) is 0 Å². The van der Waals surface area contributed by atoms with Crippen LogP contribution in [0.3, 0.4) is 0 Å². The molecule has 0 saturated carbocycles. The topological polar surface area (TPSA) is 273 Å². The number of rotatable bonds is 16. The molecule has 0 atom stereocenters. The van der Waals surface area contributed by atoms with Gasteiger partial charge in [0.1, 0.15) is 116 Å². The second-order valence-electron chi connectivity index (χ2n) is 23.0. The summed E-state index contributed by atoms with van der Waals surface area (Å²) in [6, 6.07) is 64.7. The van der Waals surface area contributed by atoms with Gasteiger partial charge in [0.15, 0.2) is 23.0 Å². The van der Waals surface area contributed by atoms with Crippen LogP contribution in [0.4, 0.5) is 22.7 Å². The Morgan fingerprint density at radius 2 is 0.494 bits per heavy atom. The van der Waals surface area contributed by atoms with Crippen molar-refractivity contribution in [3.05, 3.63) is 239 Å². The van der Waals surface area contributed by atoms with Crippen LogP contribution < -0.4 is 60.8 Å². The van der Waals surface area contributed by atoms with Crippen LogP contribution in [-0.2, 0) is 16.2 Å². The molecular formula is C73H56N8O8. The van der Waals surface area contributed by atoms with Gasteiger partial charge in [0.05, 0.1) is 0 Å². The highest BCUT2D eigenvalue weighted by Crippen LogP contribution is 2.66. The monoisotopic (exact) mass is 1170 g/mol. The van der Waals surface area contributed by atoms with Gasteiger partial charge in [0, 0.05) is 52.4 Å². The molecule has 0 aromatic heterocycles. The van der Waals surface area contributed by atoms with Crippen molar-refractivity contribution in [2.24, 2.45) is 0 Å². The van der Waals surface area contributed by atoms with Gasteiger partial charge in [-0.3, -0.25) is 0 Å². The molecule has 0 amide bonds. The van der Waals surface area contributed by atoms with E-state index in [9.17, 15) is 21.0 Å². The van der Waals surface area contributed by atoms with Crippen LogP contribution in [-0.4, -0.2) is 0 Å². The molecule has 16 nitrogen and oxygen atoms in total. The first-order valence-electron chi connectivity index (χ1n) is 28.3. The molecule has 0 fully saturated rings. The molecule has 436 valence electrons. The van der Waals surface area contributed by atoms with E-state index in [-0.39, 0.29) is 91.2 Å². The van der Waals surface area contributed by atoms with Crippen LogP contribution in [0, 0.1) is 45.3 Å². The van der Waals surface area contributed by atoms with E-state index in [1.165, 1.54) is 0 Å². The summed E-state index contributed by atoms with van der Waals surface area (Å²) in [5.74, 6) is 4.13. The maximum atomic E-state index is 10.9. The molecule has 2 aliphatic rings. The molecule has 8 N–H and O–H groups in total. The molecule has 0 radical (unpaired) electrons. The van der Waals surface area contributed by atoms with Gasteiger partial charge in [0.25, 0.3) is 0 Å². The van der Waals surface area contributed by atoms with Crippen molar-refractivity contribution >= 4 is 22.7 Å². The smallest absolute Gasteiger partial charge is 0.170 e. The molecule has 12 rings (SSSR count). The lowest BCUT2D eigenvalue weighted by Crippen LogP contribution is -2.27. The second-order valence-corrected chi connectivity index (χ2v) is 23.0. The van der Waals surface area contributed by atoms with Gasteiger partial charge in [-0.1, -0.05) is 76.2 Å². The van der Waals surface area contributed by atoms with Crippen LogP contribution in [0.15, 0.2) is 194 Å². The molecule has 0 unspecified atom stereocenters. The normalized spacial score (nSPS) is 13.5. The Hall–Kier alpha value is -12.2. The third kappa shape index (κ3) is 11.2. The Kier molecular flexibility index (Phi) is 14.8. The minimum absolute atomic E-state index is 0.0915. The highest BCUT2D eigenvalue weighted by Gasteiger charge is 2.57. The van der Waals surface area contributed by atoms with Crippen molar-refractivity contribution < 1.29 is 37.9 Å². The van der Waals surface area contributed by atoms with E-state index < -0.39 is 16.2 Å². The van der Waals surface area contributed by atoms with Crippen LogP contribution in [0.1, 0.15) is 85.0 Å². The lowest BCUT2D eigenvalue weighted by Gasteiger charge is -2.31. The lowest BCUT2D eigenvalue weighted by molar-refractivity contribution is 0.349. The van der Waals surface area contributed by atoms with E-state index in [0.29, 0.717) is 58.6 Å². The number of nitriles is 4. The predicted octanol–water partition coefficient (Wildman–Crippen LogP) is 17.5. The summed E-state index contributed by atoms with van der Waals surface area (Å²) in [6.45, 7) is 8.68. The first-order valence-corrected chi connectivity index (χ1v) is 28.3. The van der Waals surface area contributed by atoms with Crippen molar-refractivity contribution in [2.75, 3.05) is 22.9 Å². The molecule has 0 heterocycles. The van der Waals surface area contributed by atoms with Gasteiger partial charge in [-0.25, -0.2) is 0 Å². The first-order chi connectivity index (χ1) is 42.9. The highest BCUT2D eigenvalue weighted by molar-refractivity contribution is 5.70. The zero-order chi connectivity index (χ0) is 62.2. The van der Waals surface area contributed by atoms with E-state index in [0.717, 1.165) is 22.3 Å². The molecule has 10 aromatic rings. The number of anilines is 4. The van der Waals surface area contributed by atoms with Crippen molar-refractivity contribution in [3.63, 3.8) is 0 Å². The molecule has 10 aromatic carbocycles. The average Bonchev–Trinajstić information content (AvgIpc) is 1.53. The predicted molar refractivity (Wildman–Crippen MR) is 338 cm³/mol. The number of nitrogens with two attached hydrogens (primary N) is 4. The Balaban J connectivity index is 1.03. The van der Waals surface area contributed by atoms with Gasteiger partial charge < -0.3 is 60.8 Å². The molecule has 0 saturated heterocycles. The average molecular weight is 1170 g/mol. The van der Waals surface area contributed by atoms with Crippen LogP contribution in [0.5, 0.6) is 92.0 Å². The zero-order valence-electron chi connectivity index (χ0n) is 48.8. The van der Waals surface area contributed by atoms with E-state index >= 15 is 0 Å². The number of benzene rings is 10. The van der Waals surface area contributed by atoms with Crippen LogP contribution >= 0.6 is 0 Å². The summed E-state index contributed by atoms with van der Waals surface area (Å²) in [5, 5.41) is 43.4. The molecule has 16 heteroatoms. The van der Waals surface area contributed by atoms with E-state index in [1.54, 1.807) is 170 Å². The maximum absolute atomic E-state index is 10.9. The van der Waals surface area contributed by atoms with Crippen molar-refractivity contribution in [3.8, 4) is 116 Å². The summed E-state index contributed by atoms with van der Waals surface area (Å²) in [7, 11) is 0. The number of ether oxygens (including phenoxy) is 8. The Morgan fingerprint density at radius 3 is 0.719 bits per heavy atom. The lowest BCUT2D eigenvalue weighted by atomic mass is 9.72. The number of hydrogen-bond acceptors (Lipinski definition) is 16. The maximum Gasteiger partial charge on any atom is 0.170 e. The third-order valence-corrected chi connectivity index (χ3v) is 15.8. The number of nitrogen functional groups attached to an aromatic ring is 4. The van der Waals surface area contributed by atoms with Crippen molar-refractivity contribution in [1.82, 2.24) is 0 Å². The van der Waals surface area contributed by atoms with Gasteiger partial charge >= 0.3 is 0 Å². The first kappa shape index (κ1) is 57.2. The quantitative estimate of drug-likeness (QED) is 0.0655. The highest BCUT2D eigenvalue weighted by atomic mass is 16.5. The Morgan fingerprint density at radius 1 is 0.281 bits per heavy atom. The molecule has 0 aliphatic heterocycles. The van der Waals surface area contributed by atoms with Crippen molar-refractivity contribution in [2.45, 2.75) is 56.8 Å². The largest absolute Gasteiger partial charge is 0.456 e. The van der Waals surface area contributed by atoms with Crippen LogP contribution in [0.2, 0.25) is 0 Å². The summed E-state index contributed by atoms with van der Waals surface area (Å²) < 4.78 is 52.8. The summed E-state index contributed by atoms with van der Waals surface area (Å²) in [4.78, 5) is 0. The van der Waals surface area contributed by atoms with Gasteiger partial charge in [0.2, 0.25) is 0 Å². The summed E-state index contributed by atoms with van der Waals surface area (Å²) in [6.07, 6.45) is 1.15. The van der Waals surface area contributed by atoms with E-state index in [4.69, 9.17) is 60.8 Å². The molecule has 0 bridgehead atoms. The molecule has 1 spiro atoms. The molecule has 89 heavy (non-hydrogen) atoms. The summed E-state index contributed by atoms with van der Waals surface area (Å²) in [5.41, 5.74) is 28.5. The fourth-order valence-electron chi connectivity index (χ4n) is 12.1. The number of fused-ring (bicyclic) bond motifs is 4. The number of nitrogens with zero attached hydrogens (tertiary/aromatic N) is 4. The zero-order valence-corrected chi connectivity index (χ0v) is 48.8. The van der Waals surface area contributed by atoms with Crippen molar-refractivity contribution in [1.29, 1.82) is 21.0 Å². The summed E-state index contributed by atoms with van der Waals surface area (Å²) >= 11 is 0. The van der Waals surface area contributed by atoms with E-state index in [1.807, 2.05) is 24.3 Å². The minimum Gasteiger partial charge on any atom is -0.456 e. The Bertz CT molecular complexity index is 4370. The van der Waals surface area contributed by atoms with Gasteiger partial charge in [-0.05, 0) is 167 Å². The van der Waals surface area contributed by atoms with Gasteiger partial charge in [-0.2, -0.15) is 21.0 Å². The number of hydrogen-bond donors (Lipinski definition) is 4. The second kappa shape index (κ2) is 23.0. The van der Waals surface area contributed by atoms with E-state index in [2.05, 4.69) is 52.0 Å². The Labute approximate surface area is 514 Å². The van der Waals surface area contributed by atoms with Crippen LogP contribution in [0.25, 0.3) is 0 Å². The fourth-order valence-corrected chi connectivity index (χ4v) is 12.1. The SMILES string of the molecule is CC1(C)CC2(CC(C)(C)c3cc(Oc4cccc(Oc5cccc(N)c5)c4C#N)c(Oc4cccc(Oc5cccc(N)c5)c4C#N)cc32)c2cc(Oc3cccc(Oc4cccc(N)c4)c3C#N)c(Oc3cccc(Oc4cccc(N)c4)c3C#N)cc21.